The van der Waals surface area contributed by atoms with Crippen molar-refractivity contribution in [3.05, 3.63) is 63.9 Å². The number of hydrogen-bond acceptors (Lipinski definition) is 5. The Bertz CT molecular complexity index is 706. The number of amides is 1. The highest BCUT2D eigenvalue weighted by Gasteiger charge is 2.25. The Hall–Kier alpha value is -2.67. The van der Waals surface area contributed by atoms with Crippen LogP contribution in [0, 0.1) is 10.1 Å². The lowest BCUT2D eigenvalue weighted by molar-refractivity contribution is -0.402. The maximum Gasteiger partial charge on any atom is 0.433 e. The van der Waals surface area contributed by atoms with E-state index in [0.29, 0.717) is 13.1 Å². The topological polar surface area (TPSA) is 79.8 Å². The molecule has 2 aromatic rings. The van der Waals surface area contributed by atoms with E-state index in [1.54, 1.807) is 4.90 Å². The molecular formula is C17H19N3O4. The molecule has 24 heavy (non-hydrogen) atoms. The maximum atomic E-state index is 12.3. The van der Waals surface area contributed by atoms with Crippen LogP contribution in [0.3, 0.4) is 0 Å². The van der Waals surface area contributed by atoms with Gasteiger partial charge in [0.05, 0.1) is 6.07 Å². The standard InChI is InChI=1S/C17H19N3O4/c21-17(15-6-7-16(24-15)20(22)23)19-12-10-18(11-13-19)9-8-14-4-2-1-3-5-14/h1-7H,8-13H2. The minimum absolute atomic E-state index is 0.0273. The average molecular weight is 329 g/mol. The van der Waals surface area contributed by atoms with E-state index in [4.69, 9.17) is 4.42 Å². The van der Waals surface area contributed by atoms with E-state index in [9.17, 15) is 14.9 Å². The number of carbonyl (C=O) groups is 1. The second kappa shape index (κ2) is 7.27. The van der Waals surface area contributed by atoms with Gasteiger partial charge in [-0.3, -0.25) is 19.8 Å². The minimum Gasteiger partial charge on any atom is -0.395 e. The first-order chi connectivity index (χ1) is 11.6. The molecule has 1 saturated heterocycles. The van der Waals surface area contributed by atoms with E-state index in [-0.39, 0.29) is 11.7 Å². The van der Waals surface area contributed by atoms with Gasteiger partial charge in [-0.1, -0.05) is 30.3 Å². The van der Waals surface area contributed by atoms with Crippen molar-refractivity contribution in [2.24, 2.45) is 0 Å². The number of carbonyl (C=O) groups excluding carboxylic acids is 1. The van der Waals surface area contributed by atoms with E-state index in [2.05, 4.69) is 17.0 Å². The molecule has 2 heterocycles. The second-order valence-corrected chi connectivity index (χ2v) is 5.76. The average Bonchev–Trinajstić information content (AvgIpc) is 3.11. The van der Waals surface area contributed by atoms with Gasteiger partial charge in [-0.2, -0.15) is 0 Å². The Morgan fingerprint density at radius 2 is 1.79 bits per heavy atom. The highest BCUT2D eigenvalue weighted by molar-refractivity contribution is 5.91. The molecule has 7 nitrogen and oxygen atoms in total. The van der Waals surface area contributed by atoms with Gasteiger partial charge < -0.3 is 9.32 Å². The van der Waals surface area contributed by atoms with Crippen LogP contribution in [-0.2, 0) is 6.42 Å². The third-order valence-corrected chi connectivity index (χ3v) is 4.20. The lowest BCUT2D eigenvalue weighted by atomic mass is 10.1. The number of nitrogens with zero attached hydrogens (tertiary/aromatic N) is 3. The lowest BCUT2D eigenvalue weighted by Gasteiger charge is -2.34. The molecule has 3 rings (SSSR count). The Labute approximate surface area is 139 Å². The van der Waals surface area contributed by atoms with E-state index in [0.717, 1.165) is 26.1 Å². The molecule has 1 amide bonds. The van der Waals surface area contributed by atoms with Crippen molar-refractivity contribution >= 4 is 11.8 Å². The predicted molar refractivity (Wildman–Crippen MR) is 87.9 cm³/mol. The van der Waals surface area contributed by atoms with Gasteiger partial charge in [0, 0.05) is 32.7 Å². The first-order valence-corrected chi connectivity index (χ1v) is 7.93. The van der Waals surface area contributed by atoms with Crippen LogP contribution in [-0.4, -0.2) is 53.4 Å². The summed E-state index contributed by atoms with van der Waals surface area (Å²) >= 11 is 0. The molecule has 7 heteroatoms. The summed E-state index contributed by atoms with van der Waals surface area (Å²) in [4.78, 5) is 26.3. The van der Waals surface area contributed by atoms with Crippen LogP contribution < -0.4 is 0 Å². The molecule has 1 aliphatic rings. The zero-order valence-corrected chi connectivity index (χ0v) is 13.3. The number of piperazine rings is 1. The van der Waals surface area contributed by atoms with Gasteiger partial charge in [-0.25, -0.2) is 0 Å². The van der Waals surface area contributed by atoms with Crippen molar-refractivity contribution in [1.29, 1.82) is 0 Å². The molecule has 126 valence electrons. The summed E-state index contributed by atoms with van der Waals surface area (Å²) in [6.07, 6.45) is 0.985. The fourth-order valence-corrected chi connectivity index (χ4v) is 2.80. The second-order valence-electron chi connectivity index (χ2n) is 5.76. The Morgan fingerprint density at radius 3 is 2.42 bits per heavy atom. The van der Waals surface area contributed by atoms with Gasteiger partial charge in [0.15, 0.2) is 5.76 Å². The molecule has 0 N–H and O–H groups in total. The summed E-state index contributed by atoms with van der Waals surface area (Å²) in [5.41, 5.74) is 1.30. The van der Waals surface area contributed by atoms with Crippen LogP contribution in [0.2, 0.25) is 0 Å². The van der Waals surface area contributed by atoms with Crippen molar-refractivity contribution in [3.63, 3.8) is 0 Å². The fraction of sp³-hybridized carbons (Fsp3) is 0.353. The molecular weight excluding hydrogens is 310 g/mol. The Kier molecular flexibility index (Phi) is 4.90. The van der Waals surface area contributed by atoms with Crippen molar-refractivity contribution in [3.8, 4) is 0 Å². The molecule has 1 aliphatic heterocycles. The highest BCUT2D eigenvalue weighted by atomic mass is 16.6. The van der Waals surface area contributed by atoms with Crippen molar-refractivity contribution in [2.75, 3.05) is 32.7 Å². The summed E-state index contributed by atoms with van der Waals surface area (Å²) in [5.74, 6) is -0.662. The summed E-state index contributed by atoms with van der Waals surface area (Å²) < 4.78 is 4.99. The molecule has 0 spiro atoms. The van der Waals surface area contributed by atoms with Gasteiger partial charge in [0.1, 0.15) is 4.92 Å². The molecule has 0 radical (unpaired) electrons. The van der Waals surface area contributed by atoms with Crippen molar-refractivity contribution in [2.45, 2.75) is 6.42 Å². The molecule has 0 bridgehead atoms. The van der Waals surface area contributed by atoms with E-state index < -0.39 is 10.8 Å². The third kappa shape index (κ3) is 3.80. The molecule has 0 aliphatic carbocycles. The van der Waals surface area contributed by atoms with Crippen LogP contribution >= 0.6 is 0 Å². The van der Waals surface area contributed by atoms with Gasteiger partial charge in [-0.15, -0.1) is 0 Å². The van der Waals surface area contributed by atoms with Gasteiger partial charge in [-0.05, 0) is 18.1 Å². The van der Waals surface area contributed by atoms with Crippen LogP contribution in [0.1, 0.15) is 16.1 Å². The van der Waals surface area contributed by atoms with E-state index in [1.165, 1.54) is 17.7 Å². The van der Waals surface area contributed by atoms with Crippen molar-refractivity contribution < 1.29 is 14.1 Å². The summed E-state index contributed by atoms with van der Waals surface area (Å²) in [6, 6.07) is 12.9. The summed E-state index contributed by atoms with van der Waals surface area (Å²) in [7, 11) is 0. The number of hydrogen-bond donors (Lipinski definition) is 0. The first-order valence-electron chi connectivity index (χ1n) is 7.93. The van der Waals surface area contributed by atoms with Crippen LogP contribution in [0.25, 0.3) is 0 Å². The van der Waals surface area contributed by atoms with Gasteiger partial charge in [0.25, 0.3) is 5.91 Å². The third-order valence-electron chi connectivity index (χ3n) is 4.20. The van der Waals surface area contributed by atoms with Crippen LogP contribution in [0.5, 0.6) is 0 Å². The lowest BCUT2D eigenvalue weighted by Crippen LogP contribution is -2.49. The minimum atomic E-state index is -0.641. The number of rotatable bonds is 5. The molecule has 0 saturated carbocycles. The monoisotopic (exact) mass is 329 g/mol. The zero-order valence-electron chi connectivity index (χ0n) is 13.3. The quantitative estimate of drug-likeness (QED) is 0.620. The zero-order chi connectivity index (χ0) is 16.9. The Balaban J connectivity index is 1.49. The maximum absolute atomic E-state index is 12.3. The Morgan fingerprint density at radius 1 is 1.08 bits per heavy atom. The van der Waals surface area contributed by atoms with E-state index >= 15 is 0 Å². The predicted octanol–water partition coefficient (Wildman–Crippen LogP) is 2.19. The summed E-state index contributed by atoms with van der Waals surface area (Å²) in [5, 5.41) is 10.6. The van der Waals surface area contributed by atoms with Crippen LogP contribution in [0.4, 0.5) is 5.88 Å². The highest BCUT2D eigenvalue weighted by Crippen LogP contribution is 2.18. The smallest absolute Gasteiger partial charge is 0.395 e. The molecule has 1 aromatic heterocycles. The molecule has 1 fully saturated rings. The van der Waals surface area contributed by atoms with Gasteiger partial charge >= 0.3 is 5.88 Å². The number of benzene rings is 1. The van der Waals surface area contributed by atoms with E-state index in [1.807, 2.05) is 18.2 Å². The number of furan rings is 1. The fourth-order valence-electron chi connectivity index (χ4n) is 2.80. The summed E-state index contributed by atoms with van der Waals surface area (Å²) in [6.45, 7) is 3.74. The molecule has 1 aromatic carbocycles. The van der Waals surface area contributed by atoms with Crippen molar-refractivity contribution in [1.82, 2.24) is 9.80 Å². The molecule has 0 atom stereocenters. The number of nitro groups is 1. The van der Waals surface area contributed by atoms with Crippen LogP contribution in [0.15, 0.2) is 46.9 Å². The SMILES string of the molecule is O=C(c1ccc([N+](=O)[O-])o1)N1CCN(CCc2ccccc2)CC1. The first kappa shape index (κ1) is 16.2. The normalized spacial score (nSPS) is 15.4. The molecule has 0 unspecified atom stereocenters. The largest absolute Gasteiger partial charge is 0.433 e. The van der Waals surface area contributed by atoms with Gasteiger partial charge in [0.2, 0.25) is 0 Å².